The number of carbonyl (C=O) groups is 1. The molecule has 0 aliphatic rings. The highest BCUT2D eigenvalue weighted by molar-refractivity contribution is 5.95. The first-order valence-corrected chi connectivity index (χ1v) is 8.72. The Bertz CT molecular complexity index is 1030. The smallest absolute Gasteiger partial charge is 0.336 e. The van der Waals surface area contributed by atoms with Crippen LogP contribution in [0.2, 0.25) is 0 Å². The van der Waals surface area contributed by atoms with Crippen molar-refractivity contribution in [3.8, 4) is 11.1 Å². The van der Waals surface area contributed by atoms with Gasteiger partial charge < -0.3 is 19.7 Å². The quantitative estimate of drug-likeness (QED) is 0.654. The maximum absolute atomic E-state index is 12.1. The molecule has 0 aliphatic heterocycles. The summed E-state index contributed by atoms with van der Waals surface area (Å²) in [6.07, 6.45) is 0. The van der Waals surface area contributed by atoms with Gasteiger partial charge in [-0.25, -0.2) is 4.79 Å². The number of likely N-dealkylation sites (N-methyl/N-ethyl adjacent to an activating group) is 1. The lowest BCUT2D eigenvalue weighted by molar-refractivity contribution is -0.119. The molecule has 1 amide bonds. The van der Waals surface area contributed by atoms with Crippen LogP contribution in [-0.2, 0) is 4.79 Å². The number of rotatable bonds is 6. The Hall–Kier alpha value is -3.12. The van der Waals surface area contributed by atoms with Crippen LogP contribution in [0.25, 0.3) is 22.1 Å². The molecule has 0 saturated heterocycles. The molecule has 140 valence electrons. The van der Waals surface area contributed by atoms with Gasteiger partial charge in [0.15, 0.2) is 0 Å². The molecule has 6 heteroatoms. The second-order valence-electron chi connectivity index (χ2n) is 6.40. The van der Waals surface area contributed by atoms with E-state index in [1.54, 1.807) is 18.0 Å². The Labute approximate surface area is 157 Å². The average molecular weight is 366 g/mol. The molecule has 0 saturated carbocycles. The van der Waals surface area contributed by atoms with E-state index in [9.17, 15) is 9.59 Å². The normalized spacial score (nSPS) is 10.8. The van der Waals surface area contributed by atoms with E-state index in [1.165, 1.54) is 6.07 Å². The summed E-state index contributed by atoms with van der Waals surface area (Å²) < 4.78 is 5.41. The van der Waals surface area contributed by atoms with Gasteiger partial charge in [0.05, 0.1) is 13.2 Å². The van der Waals surface area contributed by atoms with Crippen molar-refractivity contribution in [3.63, 3.8) is 0 Å². The van der Waals surface area contributed by atoms with Crippen LogP contribution in [0.5, 0.6) is 0 Å². The summed E-state index contributed by atoms with van der Waals surface area (Å²) in [7, 11) is 1.78. The molecule has 1 aromatic heterocycles. The predicted octanol–water partition coefficient (Wildman–Crippen LogP) is 2.31. The zero-order valence-electron chi connectivity index (χ0n) is 15.4. The number of amides is 1. The zero-order chi connectivity index (χ0) is 19.4. The molecule has 1 heterocycles. The standard InChI is InChI=1S/C21H22N2O4/c1-14-5-3-4-6-16(14)18-12-21(26)27-19-11-15(7-8-17(18)19)23(2)13-20(25)22-9-10-24/h3-8,11-12,24H,9-10,13H2,1-2H3,(H,22,25). The summed E-state index contributed by atoms with van der Waals surface area (Å²) in [6, 6.07) is 14.9. The van der Waals surface area contributed by atoms with E-state index in [-0.39, 0.29) is 25.6 Å². The largest absolute Gasteiger partial charge is 0.423 e. The summed E-state index contributed by atoms with van der Waals surface area (Å²) in [5.41, 5.74) is 3.70. The monoisotopic (exact) mass is 366 g/mol. The van der Waals surface area contributed by atoms with Gasteiger partial charge in [0.2, 0.25) is 5.91 Å². The van der Waals surface area contributed by atoms with Crippen molar-refractivity contribution in [1.29, 1.82) is 0 Å². The van der Waals surface area contributed by atoms with Gasteiger partial charge in [-0.2, -0.15) is 0 Å². The van der Waals surface area contributed by atoms with E-state index in [0.29, 0.717) is 5.58 Å². The first kappa shape index (κ1) is 18.7. The molecule has 0 radical (unpaired) electrons. The third-order valence-electron chi connectivity index (χ3n) is 4.42. The lowest BCUT2D eigenvalue weighted by atomic mass is 9.98. The molecule has 2 aromatic carbocycles. The number of benzene rings is 2. The van der Waals surface area contributed by atoms with Crippen LogP contribution >= 0.6 is 0 Å². The Morgan fingerprint density at radius 1 is 1.15 bits per heavy atom. The first-order chi connectivity index (χ1) is 13.0. The third kappa shape index (κ3) is 4.17. The minimum Gasteiger partial charge on any atom is -0.423 e. The van der Waals surface area contributed by atoms with E-state index in [2.05, 4.69) is 5.32 Å². The fourth-order valence-corrected chi connectivity index (χ4v) is 3.04. The highest BCUT2D eigenvalue weighted by Gasteiger charge is 2.13. The Morgan fingerprint density at radius 2 is 1.93 bits per heavy atom. The van der Waals surface area contributed by atoms with Crippen LogP contribution in [-0.4, -0.2) is 37.8 Å². The first-order valence-electron chi connectivity index (χ1n) is 8.72. The molecule has 0 aliphatic carbocycles. The van der Waals surface area contributed by atoms with Crippen LogP contribution < -0.4 is 15.8 Å². The number of hydrogen-bond acceptors (Lipinski definition) is 5. The Morgan fingerprint density at radius 3 is 2.67 bits per heavy atom. The van der Waals surface area contributed by atoms with Gasteiger partial charge in [-0.1, -0.05) is 24.3 Å². The number of nitrogens with one attached hydrogen (secondary N) is 1. The molecular formula is C21H22N2O4. The van der Waals surface area contributed by atoms with Crippen molar-refractivity contribution in [2.45, 2.75) is 6.92 Å². The van der Waals surface area contributed by atoms with E-state index in [4.69, 9.17) is 9.52 Å². The minimum atomic E-state index is -0.416. The third-order valence-corrected chi connectivity index (χ3v) is 4.42. The molecule has 3 rings (SSSR count). The summed E-state index contributed by atoms with van der Waals surface area (Å²) >= 11 is 0. The highest BCUT2D eigenvalue weighted by atomic mass is 16.4. The molecule has 3 aromatic rings. The van der Waals surface area contributed by atoms with Gasteiger partial charge in [-0.3, -0.25) is 4.79 Å². The van der Waals surface area contributed by atoms with Gasteiger partial charge in [-0.15, -0.1) is 0 Å². The molecule has 6 nitrogen and oxygen atoms in total. The average Bonchev–Trinajstić information content (AvgIpc) is 2.65. The summed E-state index contributed by atoms with van der Waals surface area (Å²) in [6.45, 7) is 2.26. The fraction of sp³-hybridized carbons (Fsp3) is 0.238. The van der Waals surface area contributed by atoms with Gasteiger partial charge in [-0.05, 0) is 30.2 Å². The molecule has 2 N–H and O–H groups in total. The van der Waals surface area contributed by atoms with E-state index in [1.807, 2.05) is 43.3 Å². The number of aryl methyl sites for hydroxylation is 1. The fourth-order valence-electron chi connectivity index (χ4n) is 3.04. The molecule has 0 bridgehead atoms. The number of hydrogen-bond donors (Lipinski definition) is 2. The van der Waals surface area contributed by atoms with E-state index >= 15 is 0 Å². The summed E-state index contributed by atoms with van der Waals surface area (Å²) in [5, 5.41) is 12.2. The van der Waals surface area contributed by atoms with Crippen LogP contribution in [0.15, 0.2) is 57.7 Å². The second kappa shape index (κ2) is 8.05. The topological polar surface area (TPSA) is 82.8 Å². The summed E-state index contributed by atoms with van der Waals surface area (Å²) in [5.74, 6) is -0.193. The van der Waals surface area contributed by atoms with Crippen molar-refractivity contribution in [2.75, 3.05) is 31.6 Å². The van der Waals surface area contributed by atoms with Gasteiger partial charge in [0.25, 0.3) is 0 Å². The van der Waals surface area contributed by atoms with Crippen molar-refractivity contribution >= 4 is 22.6 Å². The van der Waals surface area contributed by atoms with Crippen LogP contribution in [0.4, 0.5) is 5.69 Å². The molecule has 27 heavy (non-hydrogen) atoms. The molecular weight excluding hydrogens is 344 g/mol. The maximum atomic E-state index is 12.1. The predicted molar refractivity (Wildman–Crippen MR) is 106 cm³/mol. The maximum Gasteiger partial charge on any atom is 0.336 e. The highest BCUT2D eigenvalue weighted by Crippen LogP contribution is 2.31. The lowest BCUT2D eigenvalue weighted by Crippen LogP contribution is -2.36. The van der Waals surface area contributed by atoms with Crippen molar-refractivity contribution in [1.82, 2.24) is 5.32 Å². The van der Waals surface area contributed by atoms with Crippen molar-refractivity contribution in [2.24, 2.45) is 0 Å². The number of aliphatic hydroxyl groups is 1. The molecule has 0 fully saturated rings. The molecule has 0 spiro atoms. The number of carbonyl (C=O) groups excluding carboxylic acids is 1. The number of nitrogens with zero attached hydrogens (tertiary/aromatic N) is 1. The van der Waals surface area contributed by atoms with Crippen LogP contribution in [0, 0.1) is 6.92 Å². The van der Waals surface area contributed by atoms with E-state index in [0.717, 1.165) is 27.8 Å². The molecule has 0 unspecified atom stereocenters. The number of aliphatic hydroxyl groups excluding tert-OH is 1. The van der Waals surface area contributed by atoms with Gasteiger partial charge >= 0.3 is 5.63 Å². The Balaban J connectivity index is 1.98. The molecule has 0 atom stereocenters. The van der Waals surface area contributed by atoms with Crippen molar-refractivity contribution in [3.05, 3.63) is 64.5 Å². The van der Waals surface area contributed by atoms with Gasteiger partial charge in [0, 0.05) is 42.4 Å². The van der Waals surface area contributed by atoms with Crippen LogP contribution in [0.3, 0.4) is 0 Å². The SMILES string of the molecule is Cc1ccccc1-c1cc(=O)oc2cc(N(C)CC(=O)NCCO)ccc12. The Kier molecular flexibility index (Phi) is 5.57. The zero-order valence-corrected chi connectivity index (χ0v) is 15.4. The number of anilines is 1. The lowest BCUT2D eigenvalue weighted by Gasteiger charge is -2.19. The minimum absolute atomic E-state index is 0.0989. The van der Waals surface area contributed by atoms with Gasteiger partial charge in [0.1, 0.15) is 5.58 Å². The van der Waals surface area contributed by atoms with Crippen molar-refractivity contribution < 1.29 is 14.3 Å². The van der Waals surface area contributed by atoms with Crippen LogP contribution in [0.1, 0.15) is 5.56 Å². The number of fused-ring (bicyclic) bond motifs is 1. The van der Waals surface area contributed by atoms with E-state index < -0.39 is 5.63 Å². The summed E-state index contributed by atoms with van der Waals surface area (Å²) in [4.78, 5) is 25.7. The second-order valence-corrected chi connectivity index (χ2v) is 6.40.